The Labute approximate surface area is 262 Å². The van der Waals surface area contributed by atoms with Gasteiger partial charge >= 0.3 is 6.03 Å². The van der Waals surface area contributed by atoms with Crippen LogP contribution in [0.2, 0.25) is 0 Å². The molecule has 4 aromatic rings. The number of aromatic nitrogens is 1. The molecule has 2 fully saturated rings. The molecule has 0 unspecified atom stereocenters. The normalized spacial score (nSPS) is 19.4. The summed E-state index contributed by atoms with van der Waals surface area (Å²) in [5.41, 5.74) is 3.40. The van der Waals surface area contributed by atoms with Crippen LogP contribution in [-0.4, -0.2) is 79.6 Å². The highest BCUT2D eigenvalue weighted by atomic mass is 16.3. The molecule has 3 atom stereocenters. The number of phenolic OH excluding ortho intramolecular Hbond substituents is 1. The smallest absolute Gasteiger partial charge is 0.334 e. The number of piperazine rings is 1. The maximum absolute atomic E-state index is 14.5. The van der Waals surface area contributed by atoms with Gasteiger partial charge in [0.15, 0.2) is 0 Å². The number of carbonyl (C=O) groups is 3. The Bertz CT molecular complexity index is 1710. The van der Waals surface area contributed by atoms with Crippen LogP contribution < -0.4 is 5.32 Å². The monoisotopic (exact) mass is 604 g/mol. The molecule has 1 aromatic heterocycles. The summed E-state index contributed by atoms with van der Waals surface area (Å²) in [6, 6.07) is 24.3. The summed E-state index contributed by atoms with van der Waals surface area (Å²) in [5, 5.41) is 17.1. The molecule has 10 heteroatoms. The quantitative estimate of drug-likeness (QED) is 0.292. The summed E-state index contributed by atoms with van der Waals surface area (Å²) >= 11 is 0. The first-order valence-electron chi connectivity index (χ1n) is 15.1. The van der Waals surface area contributed by atoms with Crippen molar-refractivity contribution >= 4 is 28.7 Å². The molecule has 3 aromatic carbocycles. The molecular formula is C35H36N6O4. The predicted molar refractivity (Wildman–Crippen MR) is 170 cm³/mol. The second-order valence-electron chi connectivity index (χ2n) is 11.4. The van der Waals surface area contributed by atoms with Gasteiger partial charge in [0.25, 0.3) is 0 Å². The van der Waals surface area contributed by atoms with Crippen LogP contribution in [0.15, 0.2) is 104 Å². The lowest BCUT2D eigenvalue weighted by molar-refractivity contribution is -0.191. The average Bonchev–Trinajstić information content (AvgIpc) is 3.06. The Morgan fingerprint density at radius 1 is 1.02 bits per heavy atom. The van der Waals surface area contributed by atoms with Gasteiger partial charge in [-0.2, -0.15) is 0 Å². The average molecular weight is 605 g/mol. The van der Waals surface area contributed by atoms with Crippen molar-refractivity contribution in [3.05, 3.63) is 120 Å². The number of hydrazine groups is 1. The van der Waals surface area contributed by atoms with Crippen LogP contribution in [0.5, 0.6) is 5.75 Å². The number of pyridine rings is 1. The number of fused-ring (bicyclic) bond motifs is 2. The summed E-state index contributed by atoms with van der Waals surface area (Å²) in [5.74, 6) is -0.346. The van der Waals surface area contributed by atoms with Gasteiger partial charge in [0.2, 0.25) is 11.8 Å². The van der Waals surface area contributed by atoms with Crippen molar-refractivity contribution in [3.8, 4) is 5.75 Å². The highest BCUT2D eigenvalue weighted by molar-refractivity contribution is 5.92. The van der Waals surface area contributed by atoms with Gasteiger partial charge < -0.3 is 20.2 Å². The first kappa shape index (κ1) is 29.8. The fourth-order valence-electron chi connectivity index (χ4n) is 6.35. The van der Waals surface area contributed by atoms with Crippen molar-refractivity contribution in [2.75, 3.05) is 19.6 Å². The number of hydrogen-bond donors (Lipinski definition) is 2. The minimum atomic E-state index is -0.874. The van der Waals surface area contributed by atoms with Crippen molar-refractivity contribution < 1.29 is 19.5 Å². The van der Waals surface area contributed by atoms with Crippen LogP contribution >= 0.6 is 0 Å². The van der Waals surface area contributed by atoms with E-state index in [2.05, 4.69) is 16.9 Å². The predicted octanol–water partition coefficient (Wildman–Crippen LogP) is 4.24. The zero-order valence-corrected chi connectivity index (χ0v) is 25.1. The number of aromatic hydroxyl groups is 1. The largest absolute Gasteiger partial charge is 0.508 e. The Hall–Kier alpha value is -5.22. The van der Waals surface area contributed by atoms with E-state index < -0.39 is 18.2 Å². The SMILES string of the molecule is C=CCN1CC(=O)N2[C@@H](CN([C@H](C)c3cccc4cccnc34)C(=O)[C@@H]2Cc2ccc(O)cc2)N1C(=O)NCc1ccccc1. The number of carbonyl (C=O) groups excluding carboxylic acids is 3. The number of amides is 4. The molecule has 0 aliphatic carbocycles. The van der Waals surface area contributed by atoms with Gasteiger partial charge in [-0.25, -0.2) is 14.8 Å². The minimum absolute atomic E-state index is 0.0799. The van der Waals surface area contributed by atoms with E-state index in [0.29, 0.717) is 6.54 Å². The van der Waals surface area contributed by atoms with Gasteiger partial charge in [-0.05, 0) is 36.2 Å². The molecule has 4 amide bonds. The van der Waals surface area contributed by atoms with E-state index in [9.17, 15) is 19.5 Å². The molecular weight excluding hydrogens is 568 g/mol. The molecule has 2 aliphatic rings. The van der Waals surface area contributed by atoms with E-state index in [1.54, 1.807) is 56.4 Å². The number of urea groups is 1. The molecule has 230 valence electrons. The number of hydrogen-bond acceptors (Lipinski definition) is 6. The molecule has 0 bridgehead atoms. The molecule has 2 N–H and O–H groups in total. The third kappa shape index (κ3) is 5.97. The summed E-state index contributed by atoms with van der Waals surface area (Å²) in [4.78, 5) is 50.2. The first-order chi connectivity index (χ1) is 21.9. The Balaban J connectivity index is 1.40. The van der Waals surface area contributed by atoms with Crippen molar-refractivity contribution in [2.24, 2.45) is 0 Å². The van der Waals surface area contributed by atoms with Crippen molar-refractivity contribution in [3.63, 3.8) is 0 Å². The molecule has 10 nitrogen and oxygen atoms in total. The third-order valence-corrected chi connectivity index (χ3v) is 8.56. The van der Waals surface area contributed by atoms with Crippen molar-refractivity contribution in [2.45, 2.75) is 38.1 Å². The Morgan fingerprint density at radius 2 is 1.78 bits per heavy atom. The molecule has 0 spiro atoms. The lowest BCUT2D eigenvalue weighted by Crippen LogP contribution is -2.76. The zero-order valence-electron chi connectivity index (χ0n) is 25.1. The van der Waals surface area contributed by atoms with Crippen molar-refractivity contribution in [1.29, 1.82) is 0 Å². The summed E-state index contributed by atoms with van der Waals surface area (Å²) in [6.45, 7) is 6.41. The third-order valence-electron chi connectivity index (χ3n) is 8.56. The number of nitrogens with zero attached hydrogens (tertiary/aromatic N) is 5. The van der Waals surface area contributed by atoms with Gasteiger partial charge in [-0.15, -0.1) is 6.58 Å². The van der Waals surface area contributed by atoms with Gasteiger partial charge in [0.05, 0.1) is 24.6 Å². The van der Waals surface area contributed by atoms with Crippen LogP contribution in [0.3, 0.4) is 0 Å². The fraction of sp³-hybridized carbons (Fsp3) is 0.257. The number of rotatable bonds is 8. The fourth-order valence-corrected chi connectivity index (χ4v) is 6.35. The van der Waals surface area contributed by atoms with Crippen LogP contribution in [0.4, 0.5) is 4.79 Å². The lowest BCUT2D eigenvalue weighted by Gasteiger charge is -2.56. The highest BCUT2D eigenvalue weighted by Gasteiger charge is 2.52. The van der Waals surface area contributed by atoms with Crippen LogP contribution in [0.1, 0.15) is 29.7 Å². The van der Waals surface area contributed by atoms with E-state index >= 15 is 0 Å². The van der Waals surface area contributed by atoms with Crippen LogP contribution in [0, 0.1) is 0 Å². The maximum atomic E-state index is 14.5. The molecule has 45 heavy (non-hydrogen) atoms. The van der Waals surface area contributed by atoms with E-state index in [1.165, 1.54) is 0 Å². The Kier molecular flexibility index (Phi) is 8.48. The van der Waals surface area contributed by atoms with Crippen LogP contribution in [-0.2, 0) is 22.6 Å². The minimum Gasteiger partial charge on any atom is -0.508 e. The van der Waals surface area contributed by atoms with E-state index in [-0.39, 0.29) is 49.7 Å². The summed E-state index contributed by atoms with van der Waals surface area (Å²) in [6.07, 6.45) is 2.84. The topological polar surface area (TPSA) is 109 Å². The highest BCUT2D eigenvalue weighted by Crippen LogP contribution is 2.34. The molecule has 0 saturated carbocycles. The lowest BCUT2D eigenvalue weighted by atomic mass is 9.95. The van der Waals surface area contributed by atoms with Gasteiger partial charge in [-0.3, -0.25) is 14.6 Å². The zero-order chi connectivity index (χ0) is 31.5. The number of para-hydroxylation sites is 1. The number of benzene rings is 3. The van der Waals surface area contributed by atoms with E-state index in [1.807, 2.05) is 67.6 Å². The Morgan fingerprint density at radius 3 is 2.53 bits per heavy atom. The molecule has 2 saturated heterocycles. The van der Waals surface area contributed by atoms with Crippen molar-refractivity contribution in [1.82, 2.24) is 30.1 Å². The maximum Gasteiger partial charge on any atom is 0.334 e. The van der Waals surface area contributed by atoms with Crippen LogP contribution in [0.25, 0.3) is 10.9 Å². The number of nitrogens with one attached hydrogen (secondary N) is 1. The summed E-state index contributed by atoms with van der Waals surface area (Å²) < 4.78 is 0. The first-order valence-corrected chi connectivity index (χ1v) is 15.1. The van der Waals surface area contributed by atoms with E-state index in [4.69, 9.17) is 0 Å². The second kappa shape index (κ2) is 12.8. The van der Waals surface area contributed by atoms with Gasteiger partial charge in [0, 0.05) is 36.7 Å². The van der Waals surface area contributed by atoms with Gasteiger partial charge in [0.1, 0.15) is 18.0 Å². The molecule has 0 radical (unpaired) electrons. The van der Waals surface area contributed by atoms with E-state index in [0.717, 1.165) is 27.6 Å². The standard InChI is InChI=1S/C35H36N6O4/c1-3-19-38-23-32(43)40-30(20-25-14-16-28(42)17-15-25)34(44)39(24(2)29-13-7-11-27-12-8-18-36-33(27)29)22-31(40)41(38)35(45)37-21-26-9-5-4-6-10-26/h3-18,24,30-31,42H,1,19-23H2,2H3,(H,37,45)/t24-,30+,31-/m1/s1. The summed E-state index contributed by atoms with van der Waals surface area (Å²) in [7, 11) is 0. The van der Waals surface area contributed by atoms with Gasteiger partial charge in [-0.1, -0.05) is 72.8 Å². The molecule has 3 heterocycles. The molecule has 2 aliphatic heterocycles. The number of phenols is 1. The second-order valence-corrected chi connectivity index (χ2v) is 11.4. The molecule has 6 rings (SSSR count).